The van der Waals surface area contributed by atoms with E-state index in [1.807, 2.05) is 46.1 Å². The second-order valence-corrected chi connectivity index (χ2v) is 32.6. The molecule has 0 N–H and O–H groups in total. The molecule has 12 aromatic rings. The van der Waals surface area contributed by atoms with E-state index >= 15 is 0 Å². The number of hydrogen-bond donors (Lipinski definition) is 0. The summed E-state index contributed by atoms with van der Waals surface area (Å²) in [6.07, 6.45) is 0. The summed E-state index contributed by atoms with van der Waals surface area (Å²) < 4.78 is 64.3. The topological polar surface area (TPSA) is 11.4 Å². The molecule has 470 valence electrons. The minimum absolute atomic E-state index is 0.0467. The van der Waals surface area contributed by atoms with E-state index in [1.54, 1.807) is 0 Å². The zero-order valence-electron chi connectivity index (χ0n) is 64.4. The van der Waals surface area contributed by atoms with Crippen molar-refractivity contribution in [1.29, 1.82) is 0 Å². The van der Waals surface area contributed by atoms with E-state index in [0.29, 0.717) is 27.6 Å². The molecule has 0 fully saturated rings. The lowest BCUT2D eigenvalue weighted by atomic mass is 9.33. The molecular formula is C90H92BN3. The Hall–Kier alpha value is -9.12. The van der Waals surface area contributed by atoms with Gasteiger partial charge in [0.05, 0.1) is 36.3 Å². The maximum atomic E-state index is 10.6. The summed E-state index contributed by atoms with van der Waals surface area (Å²) in [5.41, 5.74) is 21.3. The highest BCUT2D eigenvalue weighted by molar-refractivity contribution is 7.00. The Labute approximate surface area is 569 Å². The molecule has 94 heavy (non-hydrogen) atoms. The van der Waals surface area contributed by atoms with Crippen molar-refractivity contribution in [3.8, 4) is 50.2 Å². The minimum atomic E-state index is -0.752. The van der Waals surface area contributed by atoms with Crippen LogP contribution in [0.3, 0.4) is 0 Å². The van der Waals surface area contributed by atoms with Gasteiger partial charge in [0.15, 0.2) is 0 Å². The predicted octanol–water partition coefficient (Wildman–Crippen LogP) is 23.3. The van der Waals surface area contributed by atoms with Crippen LogP contribution in [0, 0.1) is 0 Å². The van der Waals surface area contributed by atoms with Crippen molar-refractivity contribution in [2.75, 3.05) is 9.80 Å². The average molecular weight is 1230 g/mol. The number of aromatic nitrogens is 1. The molecule has 0 radical (unpaired) electrons. The first-order valence-electron chi connectivity index (χ1n) is 36.7. The molecule has 14 rings (SSSR count). The maximum absolute atomic E-state index is 10.6. The lowest BCUT2D eigenvalue weighted by molar-refractivity contribution is 0.590. The minimum Gasteiger partial charge on any atom is -0.310 e. The first-order valence-corrected chi connectivity index (χ1v) is 33.7. The van der Waals surface area contributed by atoms with Crippen LogP contribution >= 0.6 is 0 Å². The van der Waals surface area contributed by atoms with E-state index in [9.17, 15) is 8.22 Å². The van der Waals surface area contributed by atoms with Gasteiger partial charge in [0.25, 0.3) is 6.71 Å². The second-order valence-electron chi connectivity index (χ2n) is 32.6. The molecule has 3 nitrogen and oxygen atoms in total. The highest BCUT2D eigenvalue weighted by Crippen LogP contribution is 2.55. The van der Waals surface area contributed by atoms with Crippen LogP contribution in [0.4, 0.5) is 34.1 Å². The molecule has 0 atom stereocenters. The zero-order chi connectivity index (χ0) is 71.6. The molecule has 2 aliphatic heterocycles. The first-order chi connectivity index (χ1) is 47.0. The van der Waals surface area contributed by atoms with Crippen LogP contribution in [0.1, 0.15) is 166 Å². The molecule has 2 aliphatic rings. The van der Waals surface area contributed by atoms with E-state index < -0.39 is 10.8 Å². The van der Waals surface area contributed by atoms with Crippen molar-refractivity contribution < 1.29 is 8.22 Å². The summed E-state index contributed by atoms with van der Waals surface area (Å²) >= 11 is 0. The Bertz CT molecular complexity index is 4860. The molecule has 0 amide bonds. The molecule has 0 unspecified atom stereocenters. The van der Waals surface area contributed by atoms with Crippen LogP contribution in [0.5, 0.6) is 0 Å². The monoisotopic (exact) mass is 1230 g/mol. The van der Waals surface area contributed by atoms with Crippen LogP contribution in [-0.4, -0.2) is 11.3 Å². The van der Waals surface area contributed by atoms with Crippen molar-refractivity contribution in [2.24, 2.45) is 0 Å². The highest BCUT2D eigenvalue weighted by Gasteiger charge is 2.47. The Morgan fingerprint density at radius 1 is 0.298 bits per heavy atom. The van der Waals surface area contributed by atoms with Crippen molar-refractivity contribution >= 4 is 79.0 Å². The van der Waals surface area contributed by atoms with Gasteiger partial charge in [-0.25, -0.2) is 0 Å². The summed E-state index contributed by atoms with van der Waals surface area (Å²) in [6, 6.07) is 71.2. The second kappa shape index (κ2) is 22.3. The number of nitrogens with zero attached hydrogens (tertiary/aromatic N) is 3. The largest absolute Gasteiger partial charge is 0.310 e. The summed E-state index contributed by atoms with van der Waals surface area (Å²) in [5.74, 6) is 0. The summed E-state index contributed by atoms with van der Waals surface area (Å²) in [4.78, 5) is 5.05. The van der Waals surface area contributed by atoms with E-state index in [-0.39, 0.29) is 75.7 Å². The fourth-order valence-electron chi connectivity index (χ4n) is 14.1. The molecular weight excluding hydrogens is 1130 g/mol. The van der Waals surface area contributed by atoms with Gasteiger partial charge >= 0.3 is 0 Å². The van der Waals surface area contributed by atoms with E-state index in [2.05, 4.69) is 287 Å². The Kier molecular flexibility index (Phi) is 13.1. The maximum Gasteiger partial charge on any atom is 0.252 e. The normalized spacial score (nSPS) is 14.5. The third kappa shape index (κ3) is 10.8. The third-order valence-electron chi connectivity index (χ3n) is 19.6. The molecule has 0 spiro atoms. The third-order valence-corrected chi connectivity index (χ3v) is 19.6. The van der Waals surface area contributed by atoms with Gasteiger partial charge < -0.3 is 14.4 Å². The SMILES string of the molecule is [2H]c1c(C(C)(C)C)c([2H])c2c3c([2H])c(C(C)(C)C)c([2H])c([2H])c3n(-c3cc4c5c(c3)N(c3c(-c6ccccc6)cc(C(C)(C)C)cc3-c3ccccc3)c3ccc(C(C)(C)C)cc3B5c3cc(C(C)(C)C)ccc3N4c3c(-c4ccccc4)cc(C(C)(C)C)cc3-c3ccccc3)c2c1[2H]. The number of benzene rings is 11. The van der Waals surface area contributed by atoms with Gasteiger partial charge in [-0.1, -0.05) is 282 Å². The van der Waals surface area contributed by atoms with Gasteiger partial charge in [0.2, 0.25) is 0 Å². The number of anilines is 6. The molecule has 0 saturated heterocycles. The Morgan fingerprint density at radius 2 is 0.596 bits per heavy atom. The molecule has 11 aromatic carbocycles. The van der Waals surface area contributed by atoms with Crippen LogP contribution in [0.25, 0.3) is 72.0 Å². The fraction of sp³-hybridized carbons (Fsp3) is 0.267. The van der Waals surface area contributed by atoms with Gasteiger partial charge in [-0.05, 0) is 177 Å². The molecule has 0 aliphatic carbocycles. The van der Waals surface area contributed by atoms with Crippen LogP contribution in [0.2, 0.25) is 0 Å². The molecule has 0 saturated carbocycles. The van der Waals surface area contributed by atoms with Crippen LogP contribution in [-0.2, 0) is 32.5 Å². The van der Waals surface area contributed by atoms with E-state index in [0.717, 1.165) is 95.0 Å². The molecule has 0 bridgehead atoms. The van der Waals surface area contributed by atoms with Gasteiger partial charge in [-0.3, -0.25) is 0 Å². The number of rotatable bonds is 7. The molecule has 1 aromatic heterocycles. The van der Waals surface area contributed by atoms with Crippen LogP contribution < -0.4 is 26.2 Å². The smallest absolute Gasteiger partial charge is 0.252 e. The number of hydrogen-bond acceptors (Lipinski definition) is 2. The lowest BCUT2D eigenvalue weighted by Crippen LogP contribution is -2.62. The van der Waals surface area contributed by atoms with Gasteiger partial charge in [0.1, 0.15) is 0 Å². The van der Waals surface area contributed by atoms with Gasteiger partial charge in [-0.15, -0.1) is 0 Å². The Morgan fingerprint density at radius 3 is 0.883 bits per heavy atom. The van der Waals surface area contributed by atoms with Crippen molar-refractivity contribution in [3.05, 3.63) is 264 Å². The summed E-state index contributed by atoms with van der Waals surface area (Å²) in [5, 5.41) is 0.656. The summed E-state index contributed by atoms with van der Waals surface area (Å²) in [7, 11) is 0. The van der Waals surface area contributed by atoms with Gasteiger partial charge in [0, 0.05) is 55.8 Å². The Balaban J connectivity index is 1.29. The highest BCUT2D eigenvalue weighted by atomic mass is 15.2. The van der Waals surface area contributed by atoms with Crippen molar-refractivity contribution in [2.45, 2.75) is 157 Å². The van der Waals surface area contributed by atoms with E-state index in [4.69, 9.17) is 0 Å². The first kappa shape index (κ1) is 55.3. The standard InChI is InChI=1S/C90H92BN3/c1-85(2,3)61-39-43-76-72(47-61)73-48-62(86(4,5)6)40-44-77(73)92(76)67-55-80-82-81(56-67)94(84-70(59-35-27-21-28-36-59)51-66(90(16,17)18)52-71(84)60-37-29-22-30-38-60)79-46-42-64(88(10,11)12)54-75(79)91(82)74-53-63(87(7,8)9)41-45-78(74)93(80)83-68(57-31-23-19-24-32-57)49-65(89(13,14)15)50-69(83)58-33-25-20-26-34-58/h19-56H,1-18H3/i39D,40D,43D,44D,47D,48D. The quantitative estimate of drug-likeness (QED) is 0.147. The average Bonchev–Trinajstić information content (AvgIpc) is 1.13. The predicted molar refractivity (Wildman–Crippen MR) is 409 cm³/mol. The van der Waals surface area contributed by atoms with E-state index in [1.165, 1.54) is 22.3 Å². The molecule has 3 heterocycles. The van der Waals surface area contributed by atoms with Gasteiger partial charge in [-0.2, -0.15) is 0 Å². The van der Waals surface area contributed by atoms with Crippen molar-refractivity contribution in [3.63, 3.8) is 0 Å². The van der Waals surface area contributed by atoms with Crippen LogP contribution in [0.15, 0.2) is 230 Å². The fourth-order valence-corrected chi connectivity index (χ4v) is 14.1. The van der Waals surface area contributed by atoms with Crippen molar-refractivity contribution in [1.82, 2.24) is 4.57 Å². The lowest BCUT2D eigenvalue weighted by Gasteiger charge is -2.46. The zero-order valence-corrected chi connectivity index (χ0v) is 58.4. The number of fused-ring (bicyclic) bond motifs is 7. The molecule has 4 heteroatoms. The summed E-state index contributed by atoms with van der Waals surface area (Å²) in [6.45, 7) is 39.0.